The molecule has 2 heterocycles. The molecular formula is C21H20N4O2. The van der Waals surface area contributed by atoms with Crippen molar-refractivity contribution in [2.45, 2.75) is 19.4 Å². The topological polar surface area (TPSA) is 67.3 Å². The number of para-hydroxylation sites is 1. The number of anilines is 4. The highest BCUT2D eigenvalue weighted by Crippen LogP contribution is 2.37. The zero-order valence-electron chi connectivity index (χ0n) is 15.2. The van der Waals surface area contributed by atoms with Gasteiger partial charge in [-0.15, -0.1) is 0 Å². The zero-order valence-corrected chi connectivity index (χ0v) is 15.2. The molecule has 0 fully saturated rings. The van der Waals surface area contributed by atoms with E-state index in [1.807, 2.05) is 12.1 Å². The van der Waals surface area contributed by atoms with Crippen LogP contribution in [0.15, 0.2) is 60.8 Å². The number of fused-ring (bicyclic) bond motifs is 1. The molecule has 3 aromatic rings. The summed E-state index contributed by atoms with van der Waals surface area (Å²) < 4.78 is 4.72. The number of nitrogens with one attached hydrogen (secondary N) is 1. The number of methoxy groups -OCH3 is 1. The molecule has 2 aromatic carbocycles. The van der Waals surface area contributed by atoms with Crippen molar-refractivity contribution in [3.63, 3.8) is 0 Å². The Morgan fingerprint density at radius 1 is 1.15 bits per heavy atom. The van der Waals surface area contributed by atoms with E-state index < -0.39 is 0 Å². The first-order valence-electron chi connectivity index (χ1n) is 8.81. The van der Waals surface area contributed by atoms with E-state index in [1.54, 1.807) is 30.5 Å². The normalized spacial score (nSPS) is 15.3. The number of benzene rings is 2. The standard InChI is InChI=1S/C21H20N4O2/c1-14-13-16-5-3-4-6-18(16)25(14)19-11-12-22-21(24-19)23-17-9-7-15(8-10-17)20(26)27-2/h3-12,14H,13H2,1-2H3,(H,22,23,24). The third-order valence-electron chi connectivity index (χ3n) is 4.66. The molecular weight excluding hydrogens is 340 g/mol. The molecule has 1 aliphatic rings. The van der Waals surface area contributed by atoms with Gasteiger partial charge in [0.05, 0.1) is 12.7 Å². The molecule has 0 saturated heterocycles. The highest BCUT2D eigenvalue weighted by molar-refractivity contribution is 5.89. The Labute approximate surface area is 157 Å². The van der Waals surface area contributed by atoms with Gasteiger partial charge in [0.1, 0.15) is 5.82 Å². The summed E-state index contributed by atoms with van der Waals surface area (Å²) in [5.74, 6) is 1.01. The first-order chi connectivity index (χ1) is 13.2. The summed E-state index contributed by atoms with van der Waals surface area (Å²) in [6, 6.07) is 17.7. The molecule has 4 rings (SSSR count). The maximum Gasteiger partial charge on any atom is 0.337 e. The Balaban J connectivity index is 1.57. The molecule has 1 unspecified atom stereocenters. The van der Waals surface area contributed by atoms with E-state index in [1.165, 1.54) is 18.4 Å². The Morgan fingerprint density at radius 3 is 2.70 bits per heavy atom. The average molecular weight is 360 g/mol. The molecule has 1 atom stereocenters. The fraction of sp³-hybridized carbons (Fsp3) is 0.190. The van der Waals surface area contributed by atoms with Crippen molar-refractivity contribution in [1.29, 1.82) is 0 Å². The van der Waals surface area contributed by atoms with Crippen molar-refractivity contribution in [3.8, 4) is 0 Å². The second kappa shape index (κ2) is 7.07. The van der Waals surface area contributed by atoms with Crippen molar-refractivity contribution in [1.82, 2.24) is 9.97 Å². The molecule has 6 nitrogen and oxygen atoms in total. The second-order valence-electron chi connectivity index (χ2n) is 6.48. The fourth-order valence-electron chi connectivity index (χ4n) is 3.39. The molecule has 0 radical (unpaired) electrons. The lowest BCUT2D eigenvalue weighted by atomic mass is 10.1. The SMILES string of the molecule is COC(=O)c1ccc(Nc2nccc(N3c4ccccc4CC3C)n2)cc1. The van der Waals surface area contributed by atoms with Crippen molar-refractivity contribution >= 4 is 29.1 Å². The summed E-state index contributed by atoms with van der Waals surface area (Å²) in [5.41, 5.74) is 3.82. The molecule has 0 aliphatic carbocycles. The van der Waals surface area contributed by atoms with Crippen LogP contribution in [-0.2, 0) is 11.2 Å². The summed E-state index contributed by atoms with van der Waals surface area (Å²) in [4.78, 5) is 22.8. The van der Waals surface area contributed by atoms with Gasteiger partial charge in [-0.3, -0.25) is 0 Å². The molecule has 136 valence electrons. The minimum atomic E-state index is -0.360. The highest BCUT2D eigenvalue weighted by Gasteiger charge is 2.27. The number of hydrogen-bond donors (Lipinski definition) is 1. The van der Waals surface area contributed by atoms with Crippen molar-refractivity contribution in [3.05, 3.63) is 71.9 Å². The number of ether oxygens (including phenoxy) is 1. The number of aromatic nitrogens is 2. The van der Waals surface area contributed by atoms with Crippen LogP contribution in [0.3, 0.4) is 0 Å². The molecule has 0 amide bonds. The van der Waals surface area contributed by atoms with Crippen LogP contribution in [0.4, 0.5) is 23.1 Å². The minimum Gasteiger partial charge on any atom is -0.465 e. The van der Waals surface area contributed by atoms with Gasteiger partial charge >= 0.3 is 5.97 Å². The second-order valence-corrected chi connectivity index (χ2v) is 6.48. The first kappa shape index (κ1) is 17.0. The molecule has 1 N–H and O–H groups in total. The number of carbonyl (C=O) groups is 1. The monoisotopic (exact) mass is 360 g/mol. The predicted molar refractivity (Wildman–Crippen MR) is 105 cm³/mol. The Hall–Kier alpha value is -3.41. The van der Waals surface area contributed by atoms with Crippen LogP contribution >= 0.6 is 0 Å². The van der Waals surface area contributed by atoms with Gasteiger partial charge in [0.15, 0.2) is 0 Å². The quantitative estimate of drug-likeness (QED) is 0.707. The van der Waals surface area contributed by atoms with Gasteiger partial charge in [-0.25, -0.2) is 9.78 Å². The summed E-state index contributed by atoms with van der Waals surface area (Å²) in [6.45, 7) is 2.20. The van der Waals surface area contributed by atoms with E-state index >= 15 is 0 Å². The Bertz CT molecular complexity index is 972. The third-order valence-corrected chi connectivity index (χ3v) is 4.66. The number of esters is 1. The first-order valence-corrected chi connectivity index (χ1v) is 8.81. The molecule has 0 saturated carbocycles. The number of rotatable bonds is 4. The third kappa shape index (κ3) is 3.33. The van der Waals surface area contributed by atoms with E-state index in [2.05, 4.69) is 45.3 Å². The van der Waals surface area contributed by atoms with Crippen LogP contribution in [0.1, 0.15) is 22.8 Å². The van der Waals surface area contributed by atoms with E-state index in [4.69, 9.17) is 4.74 Å². The van der Waals surface area contributed by atoms with Crippen molar-refractivity contribution in [2.24, 2.45) is 0 Å². The van der Waals surface area contributed by atoms with Gasteiger partial charge in [-0.2, -0.15) is 4.98 Å². The lowest BCUT2D eigenvalue weighted by Gasteiger charge is -2.24. The molecule has 27 heavy (non-hydrogen) atoms. The van der Waals surface area contributed by atoms with Crippen LogP contribution in [0.25, 0.3) is 0 Å². The summed E-state index contributed by atoms with van der Waals surface area (Å²) in [7, 11) is 1.37. The van der Waals surface area contributed by atoms with Crippen molar-refractivity contribution in [2.75, 3.05) is 17.3 Å². The lowest BCUT2D eigenvalue weighted by Crippen LogP contribution is -2.25. The minimum absolute atomic E-state index is 0.337. The van der Waals surface area contributed by atoms with Gasteiger partial charge < -0.3 is 15.0 Å². The zero-order chi connectivity index (χ0) is 18.8. The highest BCUT2D eigenvalue weighted by atomic mass is 16.5. The summed E-state index contributed by atoms with van der Waals surface area (Å²) in [5, 5.41) is 3.19. The molecule has 1 aromatic heterocycles. The van der Waals surface area contributed by atoms with Gasteiger partial charge in [-0.1, -0.05) is 18.2 Å². The maximum atomic E-state index is 11.5. The average Bonchev–Trinajstić information content (AvgIpc) is 3.04. The van der Waals surface area contributed by atoms with E-state index in [0.717, 1.165) is 17.9 Å². The lowest BCUT2D eigenvalue weighted by molar-refractivity contribution is 0.0601. The van der Waals surface area contributed by atoms with E-state index in [0.29, 0.717) is 17.6 Å². The summed E-state index contributed by atoms with van der Waals surface area (Å²) >= 11 is 0. The fourth-order valence-corrected chi connectivity index (χ4v) is 3.39. The Kier molecular flexibility index (Phi) is 4.46. The molecule has 0 bridgehead atoms. The maximum absolute atomic E-state index is 11.5. The van der Waals surface area contributed by atoms with E-state index in [9.17, 15) is 4.79 Å². The molecule has 6 heteroatoms. The number of carbonyl (C=O) groups excluding carboxylic acids is 1. The summed E-state index contributed by atoms with van der Waals surface area (Å²) in [6.07, 6.45) is 2.75. The van der Waals surface area contributed by atoms with Gasteiger partial charge in [0.2, 0.25) is 5.95 Å². The van der Waals surface area contributed by atoms with Crippen LogP contribution in [0, 0.1) is 0 Å². The molecule has 1 aliphatic heterocycles. The van der Waals surface area contributed by atoms with Crippen LogP contribution in [0.2, 0.25) is 0 Å². The molecule has 0 spiro atoms. The van der Waals surface area contributed by atoms with Gasteiger partial charge in [-0.05, 0) is 55.3 Å². The van der Waals surface area contributed by atoms with Gasteiger partial charge in [0.25, 0.3) is 0 Å². The Morgan fingerprint density at radius 2 is 1.93 bits per heavy atom. The predicted octanol–water partition coefficient (Wildman–Crippen LogP) is 4.09. The number of nitrogens with zero attached hydrogens (tertiary/aromatic N) is 3. The smallest absolute Gasteiger partial charge is 0.337 e. The van der Waals surface area contributed by atoms with Gasteiger partial charge in [0, 0.05) is 23.6 Å². The number of hydrogen-bond acceptors (Lipinski definition) is 6. The van der Waals surface area contributed by atoms with E-state index in [-0.39, 0.29) is 5.97 Å². The van der Waals surface area contributed by atoms with Crippen LogP contribution < -0.4 is 10.2 Å². The van der Waals surface area contributed by atoms with Crippen LogP contribution in [0.5, 0.6) is 0 Å². The largest absolute Gasteiger partial charge is 0.465 e. The van der Waals surface area contributed by atoms with Crippen LogP contribution in [-0.4, -0.2) is 29.1 Å². The van der Waals surface area contributed by atoms with Crippen molar-refractivity contribution < 1.29 is 9.53 Å².